The van der Waals surface area contributed by atoms with Crippen LogP contribution in [0.5, 0.6) is 5.75 Å². The van der Waals surface area contributed by atoms with Crippen molar-refractivity contribution in [2.75, 3.05) is 12.9 Å². The van der Waals surface area contributed by atoms with Gasteiger partial charge in [0.05, 0.1) is 7.11 Å². The SMILES string of the molecule is COc1ccc2c(c1)SCC[C]=C2. The lowest BCUT2D eigenvalue weighted by Crippen LogP contribution is -1.85. The third kappa shape index (κ3) is 1.89. The van der Waals surface area contributed by atoms with E-state index in [1.54, 1.807) is 7.11 Å². The smallest absolute Gasteiger partial charge is 0.120 e. The summed E-state index contributed by atoms with van der Waals surface area (Å²) in [5.74, 6) is 2.04. The molecule has 0 amide bonds. The highest BCUT2D eigenvalue weighted by Crippen LogP contribution is 2.30. The molecule has 0 bridgehead atoms. The van der Waals surface area contributed by atoms with Gasteiger partial charge < -0.3 is 4.74 Å². The van der Waals surface area contributed by atoms with Crippen molar-refractivity contribution in [2.45, 2.75) is 11.3 Å². The molecule has 0 aromatic heterocycles. The van der Waals surface area contributed by atoms with Crippen LogP contribution in [0.2, 0.25) is 0 Å². The van der Waals surface area contributed by atoms with E-state index in [4.69, 9.17) is 4.74 Å². The zero-order valence-electron chi connectivity index (χ0n) is 7.54. The molecule has 0 atom stereocenters. The summed E-state index contributed by atoms with van der Waals surface area (Å²) in [5, 5.41) is 0. The van der Waals surface area contributed by atoms with Crippen LogP contribution in [0.3, 0.4) is 0 Å². The molecule has 1 aromatic carbocycles. The first-order valence-electron chi connectivity index (χ1n) is 4.27. The predicted octanol–water partition coefficient (Wildman–Crippen LogP) is 3.01. The van der Waals surface area contributed by atoms with E-state index in [0.717, 1.165) is 17.9 Å². The maximum Gasteiger partial charge on any atom is 0.120 e. The summed E-state index contributed by atoms with van der Waals surface area (Å²) < 4.78 is 5.17. The van der Waals surface area contributed by atoms with Crippen LogP contribution in [0.1, 0.15) is 12.0 Å². The molecule has 67 valence electrons. The molecule has 0 fully saturated rings. The fraction of sp³-hybridized carbons (Fsp3) is 0.273. The average molecular weight is 191 g/mol. The predicted molar refractivity (Wildman–Crippen MR) is 56.0 cm³/mol. The number of methoxy groups -OCH3 is 1. The number of hydrogen-bond acceptors (Lipinski definition) is 2. The van der Waals surface area contributed by atoms with Crippen molar-refractivity contribution in [1.29, 1.82) is 0 Å². The maximum atomic E-state index is 5.17. The summed E-state index contributed by atoms with van der Waals surface area (Å²) >= 11 is 1.87. The number of allylic oxidation sites excluding steroid dienone is 1. The molecule has 2 heteroatoms. The molecule has 0 N–H and O–H groups in total. The van der Waals surface area contributed by atoms with Crippen molar-refractivity contribution >= 4 is 17.8 Å². The molecule has 1 heterocycles. The van der Waals surface area contributed by atoms with Gasteiger partial charge in [0.25, 0.3) is 0 Å². The standard InChI is InChI=1S/C11H11OS/c1-12-10-6-5-9-4-2-3-7-13-11(9)8-10/h4-6,8H,3,7H2,1H3. The number of benzene rings is 1. The molecule has 0 unspecified atom stereocenters. The highest BCUT2D eigenvalue weighted by molar-refractivity contribution is 7.99. The Morgan fingerprint density at radius 3 is 3.23 bits per heavy atom. The molecule has 0 saturated heterocycles. The van der Waals surface area contributed by atoms with Crippen LogP contribution in [0.4, 0.5) is 0 Å². The Morgan fingerprint density at radius 1 is 1.46 bits per heavy atom. The lowest BCUT2D eigenvalue weighted by atomic mass is 10.2. The van der Waals surface area contributed by atoms with Crippen LogP contribution >= 0.6 is 11.8 Å². The van der Waals surface area contributed by atoms with Gasteiger partial charge in [-0.1, -0.05) is 12.1 Å². The molecule has 1 aromatic rings. The lowest BCUT2D eigenvalue weighted by molar-refractivity contribution is 0.413. The van der Waals surface area contributed by atoms with Crippen molar-refractivity contribution in [1.82, 2.24) is 0 Å². The molecular weight excluding hydrogens is 180 g/mol. The van der Waals surface area contributed by atoms with Crippen molar-refractivity contribution in [3.05, 3.63) is 29.8 Å². The summed E-state index contributed by atoms with van der Waals surface area (Å²) in [5.41, 5.74) is 1.25. The van der Waals surface area contributed by atoms with Gasteiger partial charge in [-0.2, -0.15) is 0 Å². The van der Waals surface area contributed by atoms with E-state index < -0.39 is 0 Å². The van der Waals surface area contributed by atoms with Gasteiger partial charge in [0.1, 0.15) is 5.75 Å². The molecule has 1 nitrogen and oxygen atoms in total. The van der Waals surface area contributed by atoms with Gasteiger partial charge in [-0.25, -0.2) is 0 Å². The summed E-state index contributed by atoms with van der Waals surface area (Å²) in [7, 11) is 1.70. The normalized spacial score (nSPS) is 14.8. The fourth-order valence-corrected chi connectivity index (χ4v) is 2.22. The van der Waals surface area contributed by atoms with Crippen molar-refractivity contribution in [3.8, 4) is 5.75 Å². The highest BCUT2D eigenvalue weighted by atomic mass is 32.2. The zero-order chi connectivity index (χ0) is 9.10. The number of rotatable bonds is 1. The van der Waals surface area contributed by atoms with Crippen molar-refractivity contribution in [2.24, 2.45) is 0 Å². The van der Waals surface area contributed by atoms with E-state index in [9.17, 15) is 0 Å². The second kappa shape index (κ2) is 3.88. The first-order chi connectivity index (χ1) is 6.40. The number of thioether (sulfide) groups is 1. The van der Waals surface area contributed by atoms with Crippen LogP contribution in [0.15, 0.2) is 23.1 Å². The average Bonchev–Trinajstić information content (AvgIpc) is 2.41. The summed E-state index contributed by atoms with van der Waals surface area (Å²) in [6.07, 6.45) is 6.35. The maximum absolute atomic E-state index is 5.17. The highest BCUT2D eigenvalue weighted by Gasteiger charge is 2.05. The zero-order valence-corrected chi connectivity index (χ0v) is 8.36. The quantitative estimate of drug-likeness (QED) is 0.675. The van der Waals surface area contributed by atoms with Crippen molar-refractivity contribution in [3.63, 3.8) is 0 Å². The van der Waals surface area contributed by atoms with Gasteiger partial charge in [0, 0.05) is 10.6 Å². The Hall–Kier alpha value is -0.890. The van der Waals surface area contributed by atoms with Crippen LogP contribution in [-0.2, 0) is 0 Å². The second-order valence-corrected chi connectivity index (χ2v) is 3.99. The summed E-state index contributed by atoms with van der Waals surface area (Å²) in [6, 6.07) is 6.16. The fourth-order valence-electron chi connectivity index (χ4n) is 1.29. The Labute approximate surface area is 82.8 Å². The minimum atomic E-state index is 0.932. The molecule has 1 radical (unpaired) electrons. The van der Waals surface area contributed by atoms with E-state index >= 15 is 0 Å². The van der Waals surface area contributed by atoms with E-state index in [1.807, 2.05) is 17.8 Å². The van der Waals surface area contributed by atoms with Crippen LogP contribution < -0.4 is 4.74 Å². The van der Waals surface area contributed by atoms with Crippen LogP contribution in [0, 0.1) is 6.08 Å². The van der Waals surface area contributed by atoms with Crippen molar-refractivity contribution < 1.29 is 4.74 Å². The molecule has 0 spiro atoms. The van der Waals surface area contributed by atoms with E-state index in [2.05, 4.69) is 24.3 Å². The van der Waals surface area contributed by atoms with Gasteiger partial charge in [0.15, 0.2) is 0 Å². The molecule has 1 aliphatic rings. The number of hydrogen-bond donors (Lipinski definition) is 0. The lowest BCUT2D eigenvalue weighted by Gasteiger charge is -2.05. The topological polar surface area (TPSA) is 9.23 Å². The van der Waals surface area contributed by atoms with E-state index in [-0.39, 0.29) is 0 Å². The number of fused-ring (bicyclic) bond motifs is 1. The first-order valence-corrected chi connectivity index (χ1v) is 5.26. The van der Waals surface area contributed by atoms with Crippen LogP contribution in [0.25, 0.3) is 6.08 Å². The van der Waals surface area contributed by atoms with Gasteiger partial charge >= 0.3 is 0 Å². The Bertz CT molecular complexity index is 331. The minimum Gasteiger partial charge on any atom is -0.497 e. The van der Waals surface area contributed by atoms with E-state index in [0.29, 0.717) is 0 Å². The molecular formula is C11H11OS. The first kappa shape index (κ1) is 8.70. The van der Waals surface area contributed by atoms with Gasteiger partial charge in [-0.15, -0.1) is 11.8 Å². The van der Waals surface area contributed by atoms with Gasteiger partial charge in [-0.05, 0) is 30.2 Å². The molecule has 13 heavy (non-hydrogen) atoms. The third-order valence-electron chi connectivity index (χ3n) is 1.98. The summed E-state index contributed by atoms with van der Waals surface area (Å²) in [6.45, 7) is 0. The van der Waals surface area contributed by atoms with Crippen LogP contribution in [-0.4, -0.2) is 12.9 Å². The Balaban J connectivity index is 2.40. The largest absolute Gasteiger partial charge is 0.497 e. The molecule has 1 aliphatic heterocycles. The molecule has 2 rings (SSSR count). The Morgan fingerprint density at radius 2 is 2.38 bits per heavy atom. The van der Waals surface area contributed by atoms with Gasteiger partial charge in [-0.3, -0.25) is 0 Å². The molecule has 0 aliphatic carbocycles. The third-order valence-corrected chi connectivity index (χ3v) is 3.06. The minimum absolute atomic E-state index is 0.932. The monoisotopic (exact) mass is 191 g/mol. The molecule has 0 saturated carbocycles. The summed E-state index contributed by atoms with van der Waals surface area (Å²) in [4.78, 5) is 1.30. The van der Waals surface area contributed by atoms with E-state index in [1.165, 1.54) is 10.5 Å². The Kier molecular flexibility index (Phi) is 2.60. The van der Waals surface area contributed by atoms with Gasteiger partial charge in [0.2, 0.25) is 0 Å². The number of ether oxygens (including phenoxy) is 1. The second-order valence-electron chi connectivity index (χ2n) is 2.85.